The van der Waals surface area contributed by atoms with E-state index >= 15 is 0 Å². The molecule has 1 unspecified atom stereocenters. The van der Waals surface area contributed by atoms with E-state index in [4.69, 9.17) is 10.5 Å². The molecular weight excluding hydrogens is 268 g/mol. The van der Waals surface area contributed by atoms with Crippen molar-refractivity contribution in [1.29, 1.82) is 0 Å². The lowest BCUT2D eigenvalue weighted by Crippen LogP contribution is -2.51. The molecule has 2 saturated heterocycles. The van der Waals surface area contributed by atoms with Crippen molar-refractivity contribution in [2.24, 2.45) is 11.7 Å². The van der Waals surface area contributed by atoms with E-state index < -0.39 is 0 Å². The first-order valence-corrected chi connectivity index (χ1v) is 7.87. The van der Waals surface area contributed by atoms with Crippen molar-refractivity contribution in [3.05, 3.63) is 18.0 Å². The second kappa shape index (κ2) is 6.58. The van der Waals surface area contributed by atoms with Crippen LogP contribution in [0.3, 0.4) is 0 Å². The molecule has 1 atom stereocenters. The maximum absolute atomic E-state index is 12.5. The lowest BCUT2D eigenvalue weighted by Gasteiger charge is -2.35. The number of carbonyl (C=O) groups is 1. The zero-order valence-electron chi connectivity index (χ0n) is 12.3. The van der Waals surface area contributed by atoms with Crippen LogP contribution in [-0.4, -0.2) is 53.3 Å². The summed E-state index contributed by atoms with van der Waals surface area (Å²) in [4.78, 5) is 14.5. The molecule has 0 spiro atoms. The number of nitrogens with one attached hydrogen (secondary N) is 1. The minimum absolute atomic E-state index is 0.116. The largest absolute Gasteiger partial charge is 0.381 e. The van der Waals surface area contributed by atoms with Crippen LogP contribution in [-0.2, 0) is 9.53 Å². The first-order chi connectivity index (χ1) is 10.3. The maximum Gasteiger partial charge on any atom is 0.239 e. The Morgan fingerprint density at radius 1 is 1.33 bits per heavy atom. The van der Waals surface area contributed by atoms with Gasteiger partial charge in [-0.15, -0.1) is 0 Å². The number of nitrogens with zero attached hydrogens (tertiary/aromatic N) is 2. The van der Waals surface area contributed by atoms with E-state index in [1.54, 1.807) is 6.20 Å². The van der Waals surface area contributed by atoms with E-state index in [9.17, 15) is 4.79 Å². The summed E-state index contributed by atoms with van der Waals surface area (Å²) in [7, 11) is 0. The average Bonchev–Trinajstić information content (AvgIpc) is 3.09. The Bertz CT molecular complexity index is 448. The summed E-state index contributed by atoms with van der Waals surface area (Å²) in [5.41, 5.74) is 7.37. The van der Waals surface area contributed by atoms with Gasteiger partial charge >= 0.3 is 0 Å². The molecule has 2 aliphatic rings. The summed E-state index contributed by atoms with van der Waals surface area (Å²) in [5, 5.41) is 7.04. The van der Waals surface area contributed by atoms with Gasteiger partial charge in [-0.05, 0) is 37.7 Å². The lowest BCUT2D eigenvalue weighted by molar-refractivity contribution is -0.135. The Kier molecular flexibility index (Phi) is 4.55. The van der Waals surface area contributed by atoms with Gasteiger partial charge in [0.05, 0.1) is 6.04 Å². The van der Waals surface area contributed by atoms with Gasteiger partial charge < -0.3 is 15.4 Å². The van der Waals surface area contributed by atoms with Crippen molar-refractivity contribution in [1.82, 2.24) is 15.1 Å². The standard InChI is InChI=1S/C15H24N4O2/c16-14(12-4-9-21-10-5-12)15(20)19-7-2-11(3-8-19)13-1-6-17-18-13/h1,6,11-12,14H,2-5,7-10,16H2,(H,17,18). The minimum Gasteiger partial charge on any atom is -0.381 e. The van der Waals surface area contributed by atoms with Gasteiger partial charge in [-0.2, -0.15) is 5.10 Å². The topological polar surface area (TPSA) is 84.2 Å². The first kappa shape index (κ1) is 14.5. The zero-order chi connectivity index (χ0) is 14.7. The van der Waals surface area contributed by atoms with E-state index in [1.807, 2.05) is 11.0 Å². The van der Waals surface area contributed by atoms with Crippen molar-refractivity contribution < 1.29 is 9.53 Å². The van der Waals surface area contributed by atoms with Crippen LogP contribution in [0, 0.1) is 5.92 Å². The number of aromatic amines is 1. The third kappa shape index (κ3) is 3.27. The maximum atomic E-state index is 12.5. The fourth-order valence-electron chi connectivity index (χ4n) is 3.39. The van der Waals surface area contributed by atoms with E-state index in [2.05, 4.69) is 10.2 Å². The summed E-state index contributed by atoms with van der Waals surface area (Å²) in [6, 6.07) is 1.66. The van der Waals surface area contributed by atoms with Gasteiger partial charge in [0.15, 0.2) is 0 Å². The van der Waals surface area contributed by atoms with E-state index in [0.29, 0.717) is 5.92 Å². The van der Waals surface area contributed by atoms with Crippen LogP contribution in [0.4, 0.5) is 0 Å². The molecule has 6 heteroatoms. The highest BCUT2D eigenvalue weighted by Crippen LogP contribution is 2.27. The van der Waals surface area contributed by atoms with Gasteiger partial charge in [0.1, 0.15) is 0 Å². The third-order valence-corrected chi connectivity index (χ3v) is 4.83. The highest BCUT2D eigenvalue weighted by Gasteiger charge is 2.32. The molecule has 3 rings (SSSR count). The highest BCUT2D eigenvalue weighted by atomic mass is 16.5. The molecular formula is C15H24N4O2. The van der Waals surface area contributed by atoms with Gasteiger partial charge in [-0.1, -0.05) is 0 Å². The number of piperidine rings is 1. The molecule has 0 aliphatic carbocycles. The lowest BCUT2D eigenvalue weighted by atomic mass is 9.89. The SMILES string of the molecule is NC(C(=O)N1CCC(c2ccn[nH]2)CC1)C1CCOCC1. The Balaban J connectivity index is 1.52. The molecule has 2 aliphatic heterocycles. The fourth-order valence-corrected chi connectivity index (χ4v) is 3.39. The summed E-state index contributed by atoms with van der Waals surface area (Å²) < 4.78 is 5.34. The summed E-state index contributed by atoms with van der Waals surface area (Å²) in [5.74, 6) is 0.873. The number of hydrogen-bond acceptors (Lipinski definition) is 4. The summed E-state index contributed by atoms with van der Waals surface area (Å²) >= 11 is 0. The predicted molar refractivity (Wildman–Crippen MR) is 78.7 cm³/mol. The molecule has 2 fully saturated rings. The Labute approximate surface area is 125 Å². The number of likely N-dealkylation sites (tertiary alicyclic amines) is 1. The van der Waals surface area contributed by atoms with E-state index in [-0.39, 0.29) is 17.9 Å². The second-order valence-electron chi connectivity index (χ2n) is 6.09. The van der Waals surface area contributed by atoms with Crippen LogP contribution in [0.25, 0.3) is 0 Å². The number of rotatable bonds is 3. The molecule has 0 bridgehead atoms. The number of amides is 1. The quantitative estimate of drug-likeness (QED) is 0.866. The number of carbonyl (C=O) groups excluding carboxylic acids is 1. The molecule has 0 aromatic carbocycles. The van der Waals surface area contributed by atoms with Crippen LogP contribution in [0.1, 0.15) is 37.3 Å². The second-order valence-corrected chi connectivity index (χ2v) is 6.09. The zero-order valence-corrected chi connectivity index (χ0v) is 12.3. The predicted octanol–water partition coefficient (Wildman–Crippen LogP) is 0.870. The number of nitrogens with two attached hydrogens (primary N) is 1. The molecule has 116 valence electrons. The average molecular weight is 292 g/mol. The van der Waals surface area contributed by atoms with Crippen LogP contribution >= 0.6 is 0 Å². The van der Waals surface area contributed by atoms with Crippen LogP contribution in [0.5, 0.6) is 0 Å². The smallest absolute Gasteiger partial charge is 0.239 e. The molecule has 1 amide bonds. The van der Waals surface area contributed by atoms with Crippen molar-refractivity contribution in [2.45, 2.75) is 37.6 Å². The highest BCUT2D eigenvalue weighted by molar-refractivity contribution is 5.82. The van der Waals surface area contributed by atoms with E-state index in [1.165, 1.54) is 5.69 Å². The third-order valence-electron chi connectivity index (χ3n) is 4.83. The van der Waals surface area contributed by atoms with Crippen LogP contribution in [0.15, 0.2) is 12.3 Å². The van der Waals surface area contributed by atoms with Crippen LogP contribution in [0.2, 0.25) is 0 Å². The van der Waals surface area contributed by atoms with Gasteiger partial charge in [0.25, 0.3) is 0 Å². The molecule has 0 saturated carbocycles. The normalized spacial score (nSPS) is 23.2. The van der Waals surface area contributed by atoms with Crippen molar-refractivity contribution in [3.63, 3.8) is 0 Å². The van der Waals surface area contributed by atoms with Crippen molar-refractivity contribution in [3.8, 4) is 0 Å². The first-order valence-electron chi connectivity index (χ1n) is 7.87. The number of aromatic nitrogens is 2. The summed E-state index contributed by atoms with van der Waals surface area (Å²) in [6.45, 7) is 3.04. The molecule has 3 N–H and O–H groups in total. The van der Waals surface area contributed by atoms with Crippen molar-refractivity contribution >= 4 is 5.91 Å². The van der Waals surface area contributed by atoms with Gasteiger partial charge in [0, 0.05) is 44.1 Å². The van der Waals surface area contributed by atoms with E-state index in [0.717, 1.165) is 52.0 Å². The molecule has 6 nitrogen and oxygen atoms in total. The van der Waals surface area contributed by atoms with Gasteiger partial charge in [-0.3, -0.25) is 9.89 Å². The molecule has 21 heavy (non-hydrogen) atoms. The monoisotopic (exact) mass is 292 g/mol. The Morgan fingerprint density at radius 3 is 2.67 bits per heavy atom. The number of ether oxygens (including phenoxy) is 1. The van der Waals surface area contributed by atoms with Gasteiger partial charge in [0.2, 0.25) is 5.91 Å². The Morgan fingerprint density at radius 2 is 2.05 bits per heavy atom. The summed E-state index contributed by atoms with van der Waals surface area (Å²) in [6.07, 6.45) is 5.55. The minimum atomic E-state index is -0.363. The Hall–Kier alpha value is -1.40. The fraction of sp³-hybridized carbons (Fsp3) is 0.733. The number of hydrogen-bond donors (Lipinski definition) is 2. The molecule has 1 aromatic rings. The van der Waals surface area contributed by atoms with Crippen LogP contribution < -0.4 is 5.73 Å². The molecule has 3 heterocycles. The molecule has 0 radical (unpaired) electrons. The van der Waals surface area contributed by atoms with Gasteiger partial charge in [-0.25, -0.2) is 0 Å². The van der Waals surface area contributed by atoms with Crippen molar-refractivity contribution in [2.75, 3.05) is 26.3 Å². The molecule has 1 aromatic heterocycles. The number of H-pyrrole nitrogens is 1.